The molecule has 28 heavy (non-hydrogen) atoms. The van der Waals surface area contributed by atoms with Crippen molar-refractivity contribution in [3.8, 4) is 0 Å². The van der Waals surface area contributed by atoms with E-state index in [0.29, 0.717) is 10.9 Å². The third-order valence-electron chi connectivity index (χ3n) is 3.75. The van der Waals surface area contributed by atoms with E-state index < -0.39 is 27.7 Å². The molecule has 3 N–H and O–H groups in total. The molecular formula is C17H15NO8S2. The molecule has 11 heteroatoms. The monoisotopic (exact) mass is 425 g/mol. The number of carbonyl (C=O) groups is 3. The van der Waals surface area contributed by atoms with Gasteiger partial charge in [0.15, 0.2) is 9.84 Å². The Morgan fingerprint density at radius 2 is 1.61 bits per heavy atom. The molecule has 0 aliphatic carbocycles. The molecule has 148 valence electrons. The van der Waals surface area contributed by atoms with Crippen molar-refractivity contribution in [2.24, 2.45) is 7.05 Å². The zero-order valence-electron chi connectivity index (χ0n) is 14.6. The molecule has 0 amide bonds. The van der Waals surface area contributed by atoms with E-state index in [2.05, 4.69) is 0 Å². The number of sulfone groups is 1. The standard InChI is InChI=1S/C11H11NO4S.C6H4O4S/c1-12-9-4-3-8(17(2,15)16)5-7(9)6-10(12)11(13)14;7-5(8)3-1-2-11-4(3)6(9)10/h3-6H,1-2H3,(H,13,14);1-2H,(H,7,8)(H,9,10). The van der Waals surface area contributed by atoms with E-state index in [0.717, 1.165) is 17.6 Å². The van der Waals surface area contributed by atoms with Gasteiger partial charge in [0, 0.05) is 24.2 Å². The highest BCUT2D eigenvalue weighted by Crippen LogP contribution is 2.22. The summed E-state index contributed by atoms with van der Waals surface area (Å²) in [6, 6.07) is 7.31. The maximum Gasteiger partial charge on any atom is 0.352 e. The average Bonchev–Trinajstić information content (AvgIpc) is 3.19. The van der Waals surface area contributed by atoms with Gasteiger partial charge >= 0.3 is 17.9 Å². The average molecular weight is 425 g/mol. The molecule has 0 fully saturated rings. The highest BCUT2D eigenvalue weighted by atomic mass is 32.2. The van der Waals surface area contributed by atoms with E-state index in [1.165, 1.54) is 34.2 Å². The minimum Gasteiger partial charge on any atom is -0.478 e. The summed E-state index contributed by atoms with van der Waals surface area (Å²) in [6.45, 7) is 0. The SMILES string of the molecule is Cn1c(C(=O)O)cc2cc(S(C)(=O)=O)ccc21.O=C(O)c1ccsc1C(=O)O. The second kappa shape index (κ2) is 7.82. The van der Waals surface area contributed by atoms with Gasteiger partial charge in [-0.05, 0) is 35.7 Å². The number of carboxylic acid groups (broad SMARTS) is 3. The summed E-state index contributed by atoms with van der Waals surface area (Å²) in [7, 11) is -1.64. The molecule has 2 aromatic heterocycles. The Hall–Kier alpha value is -3.18. The van der Waals surface area contributed by atoms with Crippen LogP contribution in [-0.2, 0) is 16.9 Å². The summed E-state index contributed by atoms with van der Waals surface area (Å²) in [6.07, 6.45) is 1.12. The van der Waals surface area contributed by atoms with Crippen LogP contribution in [0.15, 0.2) is 40.6 Å². The van der Waals surface area contributed by atoms with Crippen LogP contribution >= 0.6 is 11.3 Å². The van der Waals surface area contributed by atoms with Gasteiger partial charge in [0.2, 0.25) is 0 Å². The largest absolute Gasteiger partial charge is 0.478 e. The third kappa shape index (κ3) is 4.38. The van der Waals surface area contributed by atoms with E-state index in [9.17, 15) is 22.8 Å². The normalized spacial score (nSPS) is 10.9. The number of aromatic nitrogens is 1. The van der Waals surface area contributed by atoms with Gasteiger partial charge in [-0.1, -0.05) is 0 Å². The molecule has 0 atom stereocenters. The van der Waals surface area contributed by atoms with Crippen LogP contribution in [0.5, 0.6) is 0 Å². The fourth-order valence-electron chi connectivity index (χ4n) is 2.41. The molecule has 0 saturated carbocycles. The highest BCUT2D eigenvalue weighted by molar-refractivity contribution is 7.90. The van der Waals surface area contributed by atoms with E-state index in [1.54, 1.807) is 13.1 Å². The molecule has 9 nitrogen and oxygen atoms in total. The van der Waals surface area contributed by atoms with Gasteiger partial charge in [-0.2, -0.15) is 0 Å². The van der Waals surface area contributed by atoms with Crippen LogP contribution in [0.1, 0.15) is 30.5 Å². The summed E-state index contributed by atoms with van der Waals surface area (Å²) in [4.78, 5) is 31.7. The van der Waals surface area contributed by atoms with Gasteiger partial charge in [-0.15, -0.1) is 11.3 Å². The molecule has 3 aromatic rings. The molecule has 0 spiro atoms. The Bertz CT molecular complexity index is 1160. The third-order valence-corrected chi connectivity index (χ3v) is 5.76. The Morgan fingerprint density at radius 3 is 2.07 bits per heavy atom. The smallest absolute Gasteiger partial charge is 0.352 e. The number of rotatable bonds is 4. The summed E-state index contributed by atoms with van der Waals surface area (Å²) < 4.78 is 24.3. The van der Waals surface area contributed by atoms with Crippen LogP contribution in [0.3, 0.4) is 0 Å². The van der Waals surface area contributed by atoms with Crippen LogP contribution in [0.25, 0.3) is 10.9 Å². The predicted octanol–water partition coefficient (Wildman–Crippen LogP) is 2.42. The maximum absolute atomic E-state index is 11.4. The fraction of sp³-hybridized carbons (Fsp3) is 0.118. The molecule has 0 saturated heterocycles. The number of benzene rings is 1. The van der Waals surface area contributed by atoms with Crippen LogP contribution < -0.4 is 0 Å². The van der Waals surface area contributed by atoms with Gasteiger partial charge in [0.05, 0.1) is 10.5 Å². The first-order chi connectivity index (χ1) is 12.9. The van der Waals surface area contributed by atoms with Gasteiger partial charge in [-0.3, -0.25) is 0 Å². The molecule has 0 bridgehead atoms. The second-order valence-electron chi connectivity index (χ2n) is 5.66. The molecule has 0 radical (unpaired) electrons. The van der Waals surface area contributed by atoms with Crippen LogP contribution in [0.4, 0.5) is 0 Å². The van der Waals surface area contributed by atoms with Crippen molar-refractivity contribution in [3.63, 3.8) is 0 Å². The Morgan fingerprint density at radius 1 is 0.964 bits per heavy atom. The minimum absolute atomic E-state index is 0.127. The Labute approximate surface area is 163 Å². The minimum atomic E-state index is -3.27. The second-order valence-corrected chi connectivity index (χ2v) is 8.59. The van der Waals surface area contributed by atoms with Crippen molar-refractivity contribution in [2.45, 2.75) is 4.90 Å². The first-order valence-electron chi connectivity index (χ1n) is 7.50. The number of carboxylic acids is 3. The number of nitrogens with zero attached hydrogens (tertiary/aromatic N) is 1. The van der Waals surface area contributed by atoms with Crippen molar-refractivity contribution in [1.29, 1.82) is 0 Å². The molecule has 0 aliphatic heterocycles. The summed E-state index contributed by atoms with van der Waals surface area (Å²) in [5, 5.41) is 27.9. The zero-order chi connectivity index (χ0) is 21.2. The van der Waals surface area contributed by atoms with Crippen molar-refractivity contribution in [1.82, 2.24) is 4.57 Å². The van der Waals surface area contributed by atoms with Gasteiger partial charge in [0.25, 0.3) is 0 Å². The van der Waals surface area contributed by atoms with Crippen molar-refractivity contribution in [3.05, 3.63) is 51.8 Å². The Kier molecular flexibility index (Phi) is 5.90. The summed E-state index contributed by atoms with van der Waals surface area (Å²) in [5.74, 6) is -3.44. The van der Waals surface area contributed by atoms with Crippen LogP contribution in [0.2, 0.25) is 0 Å². The van der Waals surface area contributed by atoms with E-state index in [-0.39, 0.29) is 21.0 Å². The number of aryl methyl sites for hydroxylation is 1. The quantitative estimate of drug-likeness (QED) is 0.576. The zero-order valence-corrected chi connectivity index (χ0v) is 16.2. The van der Waals surface area contributed by atoms with Crippen molar-refractivity contribution < 1.29 is 38.1 Å². The lowest BCUT2D eigenvalue weighted by atomic mass is 10.2. The number of thiophene rings is 1. The molecule has 2 heterocycles. The molecule has 3 rings (SSSR count). The number of hydrogen-bond donors (Lipinski definition) is 3. The predicted molar refractivity (Wildman–Crippen MR) is 101 cm³/mol. The summed E-state index contributed by atoms with van der Waals surface area (Å²) >= 11 is 0.906. The molecular weight excluding hydrogens is 410 g/mol. The molecule has 0 unspecified atom stereocenters. The van der Waals surface area contributed by atoms with E-state index >= 15 is 0 Å². The van der Waals surface area contributed by atoms with Gasteiger partial charge < -0.3 is 19.9 Å². The molecule has 0 aliphatic rings. The summed E-state index contributed by atoms with van der Waals surface area (Å²) in [5.41, 5.74) is 0.669. The van der Waals surface area contributed by atoms with Crippen molar-refractivity contribution in [2.75, 3.05) is 6.26 Å². The first kappa shape index (κ1) is 21.1. The lowest BCUT2D eigenvalue weighted by Crippen LogP contribution is -2.03. The van der Waals surface area contributed by atoms with E-state index in [4.69, 9.17) is 15.3 Å². The first-order valence-corrected chi connectivity index (χ1v) is 10.3. The number of fused-ring (bicyclic) bond motifs is 1. The van der Waals surface area contributed by atoms with Gasteiger partial charge in [0.1, 0.15) is 10.6 Å². The van der Waals surface area contributed by atoms with Crippen LogP contribution in [-0.4, -0.2) is 52.5 Å². The Balaban J connectivity index is 0.000000221. The topological polar surface area (TPSA) is 151 Å². The van der Waals surface area contributed by atoms with Gasteiger partial charge in [-0.25, -0.2) is 22.8 Å². The lowest BCUT2D eigenvalue weighted by Gasteiger charge is -2.00. The fourth-order valence-corrected chi connectivity index (χ4v) is 3.79. The van der Waals surface area contributed by atoms with Crippen LogP contribution in [0, 0.1) is 0 Å². The number of aromatic carboxylic acids is 3. The lowest BCUT2D eigenvalue weighted by molar-refractivity contribution is 0.0656. The van der Waals surface area contributed by atoms with E-state index in [1.807, 2.05) is 0 Å². The number of hydrogen-bond acceptors (Lipinski definition) is 6. The maximum atomic E-state index is 11.4. The highest BCUT2D eigenvalue weighted by Gasteiger charge is 2.16. The molecule has 1 aromatic carbocycles. The van der Waals surface area contributed by atoms with Crippen molar-refractivity contribution >= 4 is 50.0 Å².